The van der Waals surface area contributed by atoms with Crippen molar-refractivity contribution in [2.45, 2.75) is 46.6 Å². The topological polar surface area (TPSA) is 39.9 Å². The van der Waals surface area contributed by atoms with Crippen molar-refractivity contribution in [1.29, 1.82) is 0 Å². The molecule has 2 atom stereocenters. The molecule has 1 aromatic heterocycles. The van der Waals surface area contributed by atoms with Crippen LogP contribution in [0, 0.1) is 29.4 Å². The van der Waals surface area contributed by atoms with Crippen molar-refractivity contribution in [1.82, 2.24) is 14.8 Å². The Hall–Kier alpha value is -1.82. The molecule has 0 unspecified atom stereocenters. The summed E-state index contributed by atoms with van der Waals surface area (Å²) in [7, 11) is 0. The van der Waals surface area contributed by atoms with Crippen molar-refractivity contribution in [3.05, 3.63) is 41.5 Å². The summed E-state index contributed by atoms with van der Waals surface area (Å²) in [4.78, 5) is 4.70. The van der Waals surface area contributed by atoms with Crippen LogP contribution in [0.1, 0.15) is 51.9 Å². The molecule has 2 aromatic rings. The summed E-state index contributed by atoms with van der Waals surface area (Å²) in [5, 5.41) is 4.57. The van der Waals surface area contributed by atoms with Gasteiger partial charge < -0.3 is 4.74 Å². The molecule has 3 rings (SSSR count). The average Bonchev–Trinajstić information content (AvgIpc) is 3.15. The van der Waals surface area contributed by atoms with Gasteiger partial charge in [-0.1, -0.05) is 27.7 Å². The number of nitrogens with zero attached hydrogens (tertiary/aromatic N) is 3. The average molecular weight is 349 g/mol. The highest BCUT2D eigenvalue weighted by molar-refractivity contribution is 5.33. The second kappa shape index (κ2) is 7.20. The Kier molecular flexibility index (Phi) is 5.18. The Morgan fingerprint density at radius 2 is 1.96 bits per heavy atom. The van der Waals surface area contributed by atoms with Gasteiger partial charge in [0.25, 0.3) is 0 Å². The molecule has 1 fully saturated rings. The Labute approximate surface area is 147 Å². The molecule has 0 saturated carbocycles. The molecule has 136 valence electrons. The van der Waals surface area contributed by atoms with Crippen LogP contribution >= 0.6 is 0 Å². The molecule has 1 aliphatic rings. The molecular formula is C19H25F2N3O. The fourth-order valence-corrected chi connectivity index (χ4v) is 3.37. The second-order valence-corrected chi connectivity index (χ2v) is 7.48. The van der Waals surface area contributed by atoms with Crippen molar-refractivity contribution in [2.75, 3.05) is 6.61 Å². The van der Waals surface area contributed by atoms with Gasteiger partial charge >= 0.3 is 0 Å². The van der Waals surface area contributed by atoms with E-state index in [1.165, 1.54) is 6.07 Å². The lowest BCUT2D eigenvalue weighted by Gasteiger charge is -2.21. The van der Waals surface area contributed by atoms with E-state index in [2.05, 4.69) is 32.8 Å². The van der Waals surface area contributed by atoms with Gasteiger partial charge in [0.1, 0.15) is 6.10 Å². The normalized spacial score (nSPS) is 20.8. The van der Waals surface area contributed by atoms with Crippen LogP contribution in [0.3, 0.4) is 0 Å². The summed E-state index contributed by atoms with van der Waals surface area (Å²) in [5.74, 6) is 0.794. The number of benzene rings is 1. The summed E-state index contributed by atoms with van der Waals surface area (Å²) in [6.45, 7) is 9.21. The van der Waals surface area contributed by atoms with Crippen LogP contribution in [0.15, 0.2) is 18.2 Å². The number of aromatic nitrogens is 3. The Morgan fingerprint density at radius 1 is 1.20 bits per heavy atom. The number of hydrogen-bond acceptors (Lipinski definition) is 3. The van der Waals surface area contributed by atoms with Crippen LogP contribution in [0.4, 0.5) is 8.78 Å². The quantitative estimate of drug-likeness (QED) is 0.799. The Balaban J connectivity index is 2.06. The summed E-state index contributed by atoms with van der Waals surface area (Å²) in [6, 6.07) is 3.80. The molecule has 2 heterocycles. The zero-order chi connectivity index (χ0) is 18.1. The van der Waals surface area contributed by atoms with Gasteiger partial charge in [0.15, 0.2) is 23.3 Å². The fourth-order valence-electron chi connectivity index (χ4n) is 3.37. The third kappa shape index (κ3) is 3.73. The first-order chi connectivity index (χ1) is 11.9. The summed E-state index contributed by atoms with van der Waals surface area (Å²) in [6.07, 6.45) is 1.51. The molecule has 0 radical (unpaired) electrons. The minimum atomic E-state index is -0.892. The predicted octanol–water partition coefficient (Wildman–Crippen LogP) is 4.48. The minimum Gasteiger partial charge on any atom is -0.370 e. The maximum absolute atomic E-state index is 13.7. The lowest BCUT2D eigenvalue weighted by atomic mass is 9.89. The molecule has 1 saturated heterocycles. The first-order valence-electron chi connectivity index (χ1n) is 8.89. The van der Waals surface area contributed by atoms with Crippen molar-refractivity contribution < 1.29 is 13.5 Å². The number of ether oxygens (including phenoxy) is 1. The molecule has 0 bridgehead atoms. The van der Waals surface area contributed by atoms with E-state index in [9.17, 15) is 8.78 Å². The van der Waals surface area contributed by atoms with E-state index < -0.39 is 11.6 Å². The maximum Gasteiger partial charge on any atom is 0.161 e. The molecule has 25 heavy (non-hydrogen) atoms. The zero-order valence-electron chi connectivity index (χ0n) is 15.2. The van der Waals surface area contributed by atoms with E-state index in [0.29, 0.717) is 41.7 Å². The smallest absolute Gasteiger partial charge is 0.161 e. The van der Waals surface area contributed by atoms with Crippen LogP contribution in [-0.4, -0.2) is 21.4 Å². The van der Waals surface area contributed by atoms with Crippen LogP contribution in [-0.2, 0) is 11.2 Å². The molecule has 0 N–H and O–H groups in total. The van der Waals surface area contributed by atoms with Crippen LogP contribution in [0.25, 0.3) is 5.69 Å². The van der Waals surface area contributed by atoms with Crippen LogP contribution < -0.4 is 0 Å². The van der Waals surface area contributed by atoms with Gasteiger partial charge in [-0.05, 0) is 36.3 Å². The van der Waals surface area contributed by atoms with E-state index in [4.69, 9.17) is 9.72 Å². The SMILES string of the molecule is CC(C)Cc1nc([C@@H]2OCC[C@@H]2C(C)C)n(-c2ccc(F)c(F)c2)n1. The van der Waals surface area contributed by atoms with Gasteiger partial charge in [0, 0.05) is 19.1 Å². The van der Waals surface area contributed by atoms with E-state index in [1.807, 2.05) is 0 Å². The lowest BCUT2D eigenvalue weighted by Crippen LogP contribution is -2.18. The van der Waals surface area contributed by atoms with Crippen LogP contribution in [0.5, 0.6) is 0 Å². The second-order valence-electron chi connectivity index (χ2n) is 7.48. The largest absolute Gasteiger partial charge is 0.370 e. The van der Waals surface area contributed by atoms with E-state index in [-0.39, 0.29) is 6.10 Å². The van der Waals surface area contributed by atoms with E-state index >= 15 is 0 Å². The van der Waals surface area contributed by atoms with Crippen molar-refractivity contribution >= 4 is 0 Å². The van der Waals surface area contributed by atoms with Crippen molar-refractivity contribution in [2.24, 2.45) is 17.8 Å². The van der Waals surface area contributed by atoms with E-state index in [0.717, 1.165) is 25.0 Å². The van der Waals surface area contributed by atoms with Gasteiger partial charge in [-0.3, -0.25) is 0 Å². The minimum absolute atomic E-state index is 0.179. The fraction of sp³-hybridized carbons (Fsp3) is 0.579. The monoisotopic (exact) mass is 349 g/mol. The van der Waals surface area contributed by atoms with Crippen LogP contribution in [0.2, 0.25) is 0 Å². The van der Waals surface area contributed by atoms with Gasteiger partial charge in [-0.25, -0.2) is 18.4 Å². The van der Waals surface area contributed by atoms with Crippen molar-refractivity contribution in [3.8, 4) is 5.69 Å². The third-order valence-corrected chi connectivity index (χ3v) is 4.66. The molecule has 1 aromatic carbocycles. The Bertz CT molecular complexity index is 742. The third-order valence-electron chi connectivity index (χ3n) is 4.66. The lowest BCUT2D eigenvalue weighted by molar-refractivity contribution is 0.0705. The molecule has 4 nitrogen and oxygen atoms in total. The first kappa shape index (κ1) is 18.0. The molecular weight excluding hydrogens is 324 g/mol. The Morgan fingerprint density at radius 3 is 2.60 bits per heavy atom. The van der Waals surface area contributed by atoms with E-state index in [1.54, 1.807) is 4.68 Å². The van der Waals surface area contributed by atoms with Crippen molar-refractivity contribution in [3.63, 3.8) is 0 Å². The first-order valence-corrected chi connectivity index (χ1v) is 8.89. The molecule has 0 amide bonds. The molecule has 0 aliphatic carbocycles. The number of rotatable bonds is 5. The molecule has 6 heteroatoms. The van der Waals surface area contributed by atoms with Gasteiger partial charge in [0.2, 0.25) is 0 Å². The summed E-state index contributed by atoms with van der Waals surface area (Å²) in [5.41, 5.74) is 0.467. The van der Waals surface area contributed by atoms with Gasteiger partial charge in [-0.15, -0.1) is 0 Å². The molecule has 1 aliphatic heterocycles. The highest BCUT2D eigenvalue weighted by Crippen LogP contribution is 2.39. The highest BCUT2D eigenvalue weighted by Gasteiger charge is 2.36. The summed E-state index contributed by atoms with van der Waals surface area (Å²) >= 11 is 0. The van der Waals surface area contributed by atoms with Gasteiger partial charge in [0.05, 0.1) is 5.69 Å². The number of halogens is 2. The highest BCUT2D eigenvalue weighted by atomic mass is 19.2. The maximum atomic E-state index is 13.7. The zero-order valence-corrected chi connectivity index (χ0v) is 15.2. The van der Waals surface area contributed by atoms with Gasteiger partial charge in [-0.2, -0.15) is 5.10 Å². The standard InChI is InChI=1S/C19H25F2N3O/c1-11(2)9-17-22-19(18-14(12(3)4)7-8-25-18)24(23-17)13-5-6-15(20)16(21)10-13/h5-6,10-12,14,18H,7-9H2,1-4H3/t14-,18-/m1/s1. The molecule has 0 spiro atoms. The summed E-state index contributed by atoms with van der Waals surface area (Å²) < 4.78 is 34.6. The predicted molar refractivity (Wildman–Crippen MR) is 91.5 cm³/mol. The number of hydrogen-bond donors (Lipinski definition) is 0.